The molecule has 24 heavy (non-hydrogen) atoms. The van der Waals surface area contributed by atoms with Crippen LogP contribution in [0.1, 0.15) is 0 Å². The molecule has 4 nitrogen and oxygen atoms in total. The summed E-state index contributed by atoms with van der Waals surface area (Å²) in [5.74, 6) is 0.577. The Labute approximate surface area is 143 Å². The van der Waals surface area contributed by atoms with Crippen LogP contribution in [0, 0.1) is 0 Å². The molecule has 0 spiro atoms. The molecular formula is C19H14N4S. The molecule has 0 aliphatic rings. The summed E-state index contributed by atoms with van der Waals surface area (Å²) in [6, 6.07) is 21.9. The minimum Gasteiger partial charge on any atom is -0.324 e. The third-order valence-electron chi connectivity index (χ3n) is 3.46. The monoisotopic (exact) mass is 330 g/mol. The van der Waals surface area contributed by atoms with Gasteiger partial charge in [-0.3, -0.25) is 0 Å². The second-order valence-electron chi connectivity index (χ2n) is 5.15. The van der Waals surface area contributed by atoms with Gasteiger partial charge in [0.2, 0.25) is 5.95 Å². The van der Waals surface area contributed by atoms with Crippen molar-refractivity contribution in [3.8, 4) is 21.1 Å². The number of nitrogens with one attached hydrogen (secondary N) is 1. The highest BCUT2D eigenvalue weighted by Gasteiger charge is 2.08. The summed E-state index contributed by atoms with van der Waals surface area (Å²) in [5, 5.41) is 4.20. The van der Waals surface area contributed by atoms with Crippen LogP contribution in [0.5, 0.6) is 0 Å². The van der Waals surface area contributed by atoms with Gasteiger partial charge in [0, 0.05) is 23.6 Å². The molecule has 0 saturated carbocycles. The van der Waals surface area contributed by atoms with Gasteiger partial charge in [0.25, 0.3) is 0 Å². The molecule has 2 heterocycles. The first-order chi connectivity index (χ1) is 11.9. The van der Waals surface area contributed by atoms with Crippen LogP contribution < -0.4 is 5.32 Å². The number of thiazole rings is 1. The smallest absolute Gasteiger partial charge is 0.227 e. The molecule has 0 amide bonds. The molecular weight excluding hydrogens is 316 g/mol. The zero-order valence-corrected chi connectivity index (χ0v) is 13.6. The average molecular weight is 330 g/mol. The minimum atomic E-state index is 0.577. The van der Waals surface area contributed by atoms with Gasteiger partial charge in [-0.05, 0) is 18.2 Å². The van der Waals surface area contributed by atoms with E-state index in [1.54, 1.807) is 17.5 Å². The van der Waals surface area contributed by atoms with Crippen molar-refractivity contribution in [3.63, 3.8) is 0 Å². The molecule has 0 fully saturated rings. The number of rotatable bonds is 4. The first-order valence-corrected chi connectivity index (χ1v) is 8.37. The fraction of sp³-hybridized carbons (Fsp3) is 0. The van der Waals surface area contributed by atoms with Gasteiger partial charge in [-0.15, -0.1) is 11.3 Å². The number of hydrogen-bond acceptors (Lipinski definition) is 5. The van der Waals surface area contributed by atoms with Crippen molar-refractivity contribution in [2.45, 2.75) is 0 Å². The third kappa shape index (κ3) is 3.16. The van der Waals surface area contributed by atoms with Crippen LogP contribution in [-0.2, 0) is 0 Å². The third-order valence-corrected chi connectivity index (χ3v) is 4.53. The highest BCUT2D eigenvalue weighted by Crippen LogP contribution is 2.31. The topological polar surface area (TPSA) is 50.7 Å². The van der Waals surface area contributed by atoms with Crippen LogP contribution in [0.2, 0.25) is 0 Å². The van der Waals surface area contributed by atoms with E-state index in [1.807, 2.05) is 60.8 Å². The summed E-state index contributed by atoms with van der Waals surface area (Å²) in [5.41, 5.74) is 2.94. The van der Waals surface area contributed by atoms with E-state index in [0.29, 0.717) is 5.95 Å². The maximum absolute atomic E-state index is 4.59. The quantitative estimate of drug-likeness (QED) is 0.571. The first-order valence-electron chi connectivity index (χ1n) is 7.55. The summed E-state index contributed by atoms with van der Waals surface area (Å²) in [7, 11) is 0. The lowest BCUT2D eigenvalue weighted by Crippen LogP contribution is -1.96. The Kier molecular flexibility index (Phi) is 4.00. The fourth-order valence-electron chi connectivity index (χ4n) is 2.31. The van der Waals surface area contributed by atoms with Crippen molar-refractivity contribution < 1.29 is 0 Å². The van der Waals surface area contributed by atoms with Gasteiger partial charge < -0.3 is 5.32 Å². The number of hydrogen-bond donors (Lipinski definition) is 1. The molecule has 4 aromatic rings. The maximum Gasteiger partial charge on any atom is 0.227 e. The van der Waals surface area contributed by atoms with Crippen molar-refractivity contribution in [2.24, 2.45) is 0 Å². The number of aromatic nitrogens is 3. The average Bonchev–Trinajstić information content (AvgIpc) is 3.14. The molecule has 0 radical (unpaired) electrons. The largest absolute Gasteiger partial charge is 0.324 e. The number of anilines is 2. The van der Waals surface area contributed by atoms with Crippen LogP contribution in [0.4, 0.5) is 11.6 Å². The van der Waals surface area contributed by atoms with Crippen molar-refractivity contribution in [1.82, 2.24) is 15.0 Å². The van der Waals surface area contributed by atoms with Crippen LogP contribution in [0.3, 0.4) is 0 Å². The predicted octanol–water partition coefficient (Wildman–Crippen LogP) is 5.01. The van der Waals surface area contributed by atoms with Gasteiger partial charge in [-0.25, -0.2) is 15.0 Å². The number of benzene rings is 2. The molecule has 0 aliphatic carbocycles. The summed E-state index contributed by atoms with van der Waals surface area (Å²) in [6.07, 6.45) is 3.62. The Balaban J connectivity index is 1.61. The van der Waals surface area contributed by atoms with Crippen molar-refractivity contribution in [1.29, 1.82) is 0 Å². The summed E-state index contributed by atoms with van der Waals surface area (Å²) < 4.78 is 0. The Morgan fingerprint density at radius 1 is 0.792 bits per heavy atom. The van der Waals surface area contributed by atoms with Crippen molar-refractivity contribution in [3.05, 3.63) is 79.1 Å². The molecule has 1 N–H and O–H groups in total. The molecule has 2 aromatic heterocycles. The number of nitrogens with zero attached hydrogens (tertiary/aromatic N) is 3. The number of para-hydroxylation sites is 1. The molecule has 4 rings (SSSR count). The van der Waals surface area contributed by atoms with E-state index in [1.165, 1.54) is 0 Å². The van der Waals surface area contributed by atoms with E-state index >= 15 is 0 Å². The summed E-state index contributed by atoms with van der Waals surface area (Å²) in [6.45, 7) is 0. The van der Waals surface area contributed by atoms with Crippen LogP contribution in [0.15, 0.2) is 79.1 Å². The van der Waals surface area contributed by atoms with Gasteiger partial charge in [0.15, 0.2) is 0 Å². The zero-order valence-electron chi connectivity index (χ0n) is 12.8. The normalized spacial score (nSPS) is 10.5. The Bertz CT molecular complexity index is 936. The highest BCUT2D eigenvalue weighted by molar-refractivity contribution is 7.18. The van der Waals surface area contributed by atoms with E-state index in [9.17, 15) is 0 Å². The van der Waals surface area contributed by atoms with Gasteiger partial charge in [-0.2, -0.15) is 0 Å². The van der Waals surface area contributed by atoms with E-state index in [-0.39, 0.29) is 0 Å². The van der Waals surface area contributed by atoms with Crippen LogP contribution in [0.25, 0.3) is 21.1 Å². The Morgan fingerprint density at radius 3 is 2.33 bits per heavy atom. The molecule has 5 heteroatoms. The lowest BCUT2D eigenvalue weighted by molar-refractivity contribution is 1.17. The van der Waals surface area contributed by atoms with E-state index in [2.05, 4.69) is 32.4 Å². The SMILES string of the molecule is c1ccc(Nc2nccc(-c3cnc(-c4ccccc4)s3)n2)cc1. The van der Waals surface area contributed by atoms with Gasteiger partial charge in [0.05, 0.1) is 10.6 Å². The second kappa shape index (κ2) is 6.60. The summed E-state index contributed by atoms with van der Waals surface area (Å²) >= 11 is 1.62. The molecule has 116 valence electrons. The van der Waals surface area contributed by atoms with Gasteiger partial charge in [-0.1, -0.05) is 48.5 Å². The summed E-state index contributed by atoms with van der Waals surface area (Å²) in [4.78, 5) is 14.4. The van der Waals surface area contributed by atoms with E-state index in [4.69, 9.17) is 0 Å². The lowest BCUT2D eigenvalue weighted by atomic mass is 10.2. The van der Waals surface area contributed by atoms with Crippen LogP contribution in [-0.4, -0.2) is 15.0 Å². The molecule has 0 aliphatic heterocycles. The molecule has 0 saturated heterocycles. The first kappa shape index (κ1) is 14.5. The van der Waals surface area contributed by atoms with E-state index < -0.39 is 0 Å². The van der Waals surface area contributed by atoms with Crippen molar-refractivity contribution >= 4 is 23.0 Å². The minimum absolute atomic E-state index is 0.577. The molecule has 0 atom stereocenters. The standard InChI is InChI=1S/C19H14N4S/c1-3-7-14(8-4-1)18-21-13-17(24-18)16-11-12-20-19(23-16)22-15-9-5-2-6-10-15/h1-13H,(H,20,22,23). The fourth-order valence-corrected chi connectivity index (χ4v) is 3.20. The van der Waals surface area contributed by atoms with Crippen molar-refractivity contribution in [2.75, 3.05) is 5.32 Å². The maximum atomic E-state index is 4.59. The Morgan fingerprint density at radius 2 is 1.54 bits per heavy atom. The highest BCUT2D eigenvalue weighted by atomic mass is 32.1. The lowest BCUT2D eigenvalue weighted by Gasteiger charge is -2.05. The molecule has 2 aromatic carbocycles. The van der Waals surface area contributed by atoms with E-state index in [0.717, 1.165) is 26.8 Å². The van der Waals surface area contributed by atoms with Gasteiger partial charge >= 0.3 is 0 Å². The molecule has 0 bridgehead atoms. The molecule has 0 unspecified atom stereocenters. The van der Waals surface area contributed by atoms with Gasteiger partial charge in [0.1, 0.15) is 5.01 Å². The Hall–Kier alpha value is -3.05. The predicted molar refractivity (Wildman–Crippen MR) is 98.3 cm³/mol. The van der Waals surface area contributed by atoms with Crippen LogP contribution >= 0.6 is 11.3 Å². The second-order valence-corrected chi connectivity index (χ2v) is 6.18. The zero-order chi connectivity index (χ0) is 16.2.